The average molecular weight is 315 g/mol. The Hall–Kier alpha value is -2.25. The van der Waals surface area contributed by atoms with Crippen molar-refractivity contribution >= 4 is 11.9 Å². The lowest BCUT2D eigenvalue weighted by Crippen LogP contribution is -2.37. The number of morpholine rings is 1. The molecule has 3 rings (SSSR count). The van der Waals surface area contributed by atoms with Gasteiger partial charge in [0.25, 0.3) is 0 Å². The molecule has 0 amide bonds. The van der Waals surface area contributed by atoms with Gasteiger partial charge in [0.2, 0.25) is 11.9 Å². The second-order valence-electron chi connectivity index (χ2n) is 5.43. The van der Waals surface area contributed by atoms with E-state index in [9.17, 15) is 5.11 Å². The van der Waals surface area contributed by atoms with Crippen LogP contribution in [0.25, 0.3) is 0 Å². The molecule has 0 saturated carbocycles. The largest absolute Gasteiger partial charge is 0.385 e. The maximum Gasteiger partial charge on any atom is 0.230 e. The molecule has 0 aliphatic carbocycles. The summed E-state index contributed by atoms with van der Waals surface area (Å²) in [5, 5.41) is 13.0. The number of benzene rings is 1. The second-order valence-corrected chi connectivity index (χ2v) is 5.43. The minimum absolute atomic E-state index is 0.372. The molecule has 0 unspecified atom stereocenters. The topological polar surface area (TPSA) is 83.4 Å². The summed E-state index contributed by atoms with van der Waals surface area (Å²) in [7, 11) is 0. The number of aliphatic hydroxyl groups excluding tert-OH is 1. The highest BCUT2D eigenvalue weighted by Gasteiger charge is 2.18. The number of aliphatic hydroxyl groups is 1. The van der Waals surface area contributed by atoms with Crippen molar-refractivity contribution in [3.05, 3.63) is 41.7 Å². The van der Waals surface area contributed by atoms with Crippen molar-refractivity contribution in [2.45, 2.75) is 19.6 Å². The minimum atomic E-state index is -0.741. The zero-order valence-corrected chi connectivity index (χ0v) is 13.1. The third kappa shape index (κ3) is 4.14. The lowest BCUT2D eigenvalue weighted by atomic mass is 10.2. The predicted molar refractivity (Wildman–Crippen MR) is 87.3 cm³/mol. The molecule has 2 N–H and O–H groups in total. The minimum Gasteiger partial charge on any atom is -0.385 e. The summed E-state index contributed by atoms with van der Waals surface area (Å²) in [6.07, 6.45) is -0.741. The van der Waals surface area contributed by atoms with Crippen LogP contribution in [0.15, 0.2) is 30.3 Å². The number of nitrogens with zero attached hydrogens (tertiary/aromatic N) is 4. The van der Waals surface area contributed by atoms with Crippen molar-refractivity contribution < 1.29 is 9.84 Å². The van der Waals surface area contributed by atoms with Crippen LogP contribution in [0.5, 0.6) is 0 Å². The van der Waals surface area contributed by atoms with E-state index < -0.39 is 6.10 Å². The van der Waals surface area contributed by atoms with Gasteiger partial charge in [-0.3, -0.25) is 0 Å². The number of hydrogen-bond acceptors (Lipinski definition) is 7. The highest BCUT2D eigenvalue weighted by molar-refractivity contribution is 5.38. The summed E-state index contributed by atoms with van der Waals surface area (Å²) in [4.78, 5) is 15.2. The summed E-state index contributed by atoms with van der Waals surface area (Å²) < 4.78 is 5.36. The Morgan fingerprint density at radius 1 is 1.17 bits per heavy atom. The molecule has 122 valence electrons. The van der Waals surface area contributed by atoms with Gasteiger partial charge in [0.1, 0.15) is 6.10 Å². The van der Waals surface area contributed by atoms with Crippen LogP contribution in [0.2, 0.25) is 0 Å². The van der Waals surface area contributed by atoms with E-state index in [1.165, 1.54) is 0 Å². The molecule has 23 heavy (non-hydrogen) atoms. The van der Waals surface area contributed by atoms with Crippen molar-refractivity contribution in [3.8, 4) is 0 Å². The fourth-order valence-electron chi connectivity index (χ4n) is 2.33. The van der Waals surface area contributed by atoms with Gasteiger partial charge in [-0.2, -0.15) is 15.0 Å². The first-order valence-corrected chi connectivity index (χ1v) is 7.77. The molecule has 7 nitrogen and oxygen atoms in total. The van der Waals surface area contributed by atoms with Crippen molar-refractivity contribution in [2.75, 3.05) is 36.5 Å². The smallest absolute Gasteiger partial charge is 0.230 e. The van der Waals surface area contributed by atoms with Crippen LogP contribution in [-0.2, 0) is 11.3 Å². The van der Waals surface area contributed by atoms with Crippen LogP contribution >= 0.6 is 0 Å². The fourth-order valence-corrected chi connectivity index (χ4v) is 2.33. The summed E-state index contributed by atoms with van der Waals surface area (Å²) in [6.45, 7) is 5.06. The highest BCUT2D eigenvalue weighted by Crippen LogP contribution is 2.16. The van der Waals surface area contributed by atoms with Gasteiger partial charge >= 0.3 is 0 Å². The third-order valence-corrected chi connectivity index (χ3v) is 3.60. The van der Waals surface area contributed by atoms with Crippen molar-refractivity contribution in [1.82, 2.24) is 15.0 Å². The highest BCUT2D eigenvalue weighted by atomic mass is 16.5. The Balaban J connectivity index is 1.79. The van der Waals surface area contributed by atoms with Crippen LogP contribution in [0.4, 0.5) is 11.9 Å². The molecule has 0 spiro atoms. The zero-order chi connectivity index (χ0) is 16.1. The standard InChI is InChI=1S/C16H21N5O2/c1-12(22)14-18-15(17-11-13-5-3-2-4-6-13)20-16(19-14)21-7-9-23-10-8-21/h2-6,12,22H,7-11H2,1H3,(H,17,18,19,20)/t12-/m0/s1. The quantitative estimate of drug-likeness (QED) is 0.862. The normalized spacial score (nSPS) is 16.2. The Bertz CT molecular complexity index is 630. The summed E-state index contributed by atoms with van der Waals surface area (Å²) in [5.41, 5.74) is 1.14. The second kappa shape index (κ2) is 7.34. The molecule has 1 aliphatic heterocycles. The van der Waals surface area contributed by atoms with Gasteiger partial charge in [0.15, 0.2) is 5.82 Å². The molecule has 1 aromatic heterocycles. The lowest BCUT2D eigenvalue weighted by Gasteiger charge is -2.27. The van der Waals surface area contributed by atoms with E-state index in [4.69, 9.17) is 4.74 Å². The van der Waals surface area contributed by atoms with E-state index in [-0.39, 0.29) is 0 Å². The third-order valence-electron chi connectivity index (χ3n) is 3.60. The van der Waals surface area contributed by atoms with Crippen molar-refractivity contribution in [1.29, 1.82) is 0 Å². The van der Waals surface area contributed by atoms with E-state index in [0.717, 1.165) is 18.7 Å². The first-order chi connectivity index (χ1) is 11.2. The fraction of sp³-hybridized carbons (Fsp3) is 0.438. The number of nitrogens with one attached hydrogen (secondary N) is 1. The molecule has 1 aliphatic rings. The lowest BCUT2D eigenvalue weighted by molar-refractivity contribution is 0.122. The van der Waals surface area contributed by atoms with Crippen LogP contribution < -0.4 is 10.2 Å². The van der Waals surface area contributed by atoms with E-state index in [1.807, 2.05) is 35.2 Å². The number of anilines is 2. The first-order valence-electron chi connectivity index (χ1n) is 7.77. The molecule has 7 heteroatoms. The molecule has 2 aromatic rings. The first kappa shape index (κ1) is 15.6. The van der Waals surface area contributed by atoms with Crippen LogP contribution in [0, 0.1) is 0 Å². The zero-order valence-electron chi connectivity index (χ0n) is 13.1. The Labute approximate surface area is 135 Å². The average Bonchev–Trinajstić information content (AvgIpc) is 2.61. The van der Waals surface area contributed by atoms with E-state index in [0.29, 0.717) is 37.5 Å². The number of rotatable bonds is 5. The van der Waals surface area contributed by atoms with Crippen LogP contribution in [-0.4, -0.2) is 46.4 Å². The van der Waals surface area contributed by atoms with Gasteiger partial charge in [0, 0.05) is 19.6 Å². The Morgan fingerprint density at radius 3 is 2.61 bits per heavy atom. The number of ether oxygens (including phenoxy) is 1. The van der Waals surface area contributed by atoms with Gasteiger partial charge < -0.3 is 20.1 Å². The molecule has 1 fully saturated rings. The van der Waals surface area contributed by atoms with Crippen LogP contribution in [0.1, 0.15) is 24.4 Å². The predicted octanol–water partition coefficient (Wildman–Crippen LogP) is 1.37. The molecule has 1 aromatic carbocycles. The molecule has 1 saturated heterocycles. The number of hydrogen-bond donors (Lipinski definition) is 2. The van der Waals surface area contributed by atoms with E-state index in [1.54, 1.807) is 6.92 Å². The molecular formula is C16H21N5O2. The molecule has 0 radical (unpaired) electrons. The van der Waals surface area contributed by atoms with Gasteiger partial charge in [-0.25, -0.2) is 0 Å². The van der Waals surface area contributed by atoms with E-state index in [2.05, 4.69) is 20.3 Å². The van der Waals surface area contributed by atoms with Gasteiger partial charge in [0.05, 0.1) is 13.2 Å². The van der Waals surface area contributed by atoms with Gasteiger partial charge in [-0.05, 0) is 12.5 Å². The molecular weight excluding hydrogens is 294 g/mol. The van der Waals surface area contributed by atoms with E-state index >= 15 is 0 Å². The SMILES string of the molecule is C[C@H](O)c1nc(NCc2ccccc2)nc(N2CCOCC2)n1. The van der Waals surface area contributed by atoms with Crippen molar-refractivity contribution in [2.24, 2.45) is 0 Å². The summed E-state index contributed by atoms with van der Waals surface area (Å²) >= 11 is 0. The molecule has 0 bridgehead atoms. The maximum atomic E-state index is 9.83. The Morgan fingerprint density at radius 2 is 1.91 bits per heavy atom. The maximum absolute atomic E-state index is 9.83. The monoisotopic (exact) mass is 315 g/mol. The molecule has 1 atom stereocenters. The summed E-state index contributed by atoms with van der Waals surface area (Å²) in [5.74, 6) is 1.42. The Kier molecular flexibility index (Phi) is 4.99. The number of aromatic nitrogens is 3. The van der Waals surface area contributed by atoms with Gasteiger partial charge in [-0.1, -0.05) is 30.3 Å². The molecule has 2 heterocycles. The van der Waals surface area contributed by atoms with Crippen molar-refractivity contribution in [3.63, 3.8) is 0 Å². The summed E-state index contributed by atoms with van der Waals surface area (Å²) in [6, 6.07) is 10.0. The van der Waals surface area contributed by atoms with Crippen LogP contribution in [0.3, 0.4) is 0 Å². The van der Waals surface area contributed by atoms with Gasteiger partial charge in [-0.15, -0.1) is 0 Å².